The van der Waals surface area contributed by atoms with Crippen molar-refractivity contribution in [2.45, 2.75) is 6.54 Å². The smallest absolute Gasteiger partial charge is 0.252 e. The van der Waals surface area contributed by atoms with E-state index in [0.717, 1.165) is 11.0 Å². The van der Waals surface area contributed by atoms with Crippen molar-refractivity contribution in [3.05, 3.63) is 24.2 Å². The highest BCUT2D eigenvalue weighted by Crippen LogP contribution is 2.19. The Morgan fingerprint density at radius 3 is 2.95 bits per heavy atom. The van der Waals surface area contributed by atoms with Crippen molar-refractivity contribution in [3.8, 4) is 6.07 Å². The van der Waals surface area contributed by atoms with E-state index in [1.165, 1.54) is 11.0 Å². The van der Waals surface area contributed by atoms with E-state index in [1.807, 2.05) is 13.1 Å². The summed E-state index contributed by atoms with van der Waals surface area (Å²) in [7, 11) is 3.61. The Labute approximate surface area is 113 Å². The maximum atomic E-state index is 8.71. The minimum absolute atomic E-state index is 0.125. The summed E-state index contributed by atoms with van der Waals surface area (Å²) < 4.78 is 3.21. The molecule has 3 heterocycles. The molecule has 0 aliphatic carbocycles. The van der Waals surface area contributed by atoms with Crippen LogP contribution < -0.4 is 5.32 Å². The maximum absolute atomic E-state index is 8.71. The quantitative estimate of drug-likeness (QED) is 0.707. The van der Waals surface area contributed by atoms with Crippen molar-refractivity contribution >= 4 is 16.9 Å². The molecule has 20 heavy (non-hydrogen) atoms. The molecule has 0 saturated heterocycles. The Balaban J connectivity index is 2.03. The number of anilines is 1. The van der Waals surface area contributed by atoms with Gasteiger partial charge in [-0.2, -0.15) is 10.4 Å². The number of fused-ring (bicyclic) bond motifs is 1. The van der Waals surface area contributed by atoms with Crippen LogP contribution >= 0.6 is 0 Å². The highest BCUT2D eigenvalue weighted by Gasteiger charge is 2.11. The number of aromatic nitrogens is 7. The van der Waals surface area contributed by atoms with Gasteiger partial charge in [0.05, 0.1) is 11.6 Å². The van der Waals surface area contributed by atoms with E-state index in [9.17, 15) is 0 Å². The SMILES string of the molecule is CNc1nc(Cn2cnc(C#N)n2)nc2c1cnn2C. The maximum Gasteiger partial charge on any atom is 0.252 e. The van der Waals surface area contributed by atoms with Crippen LogP contribution in [-0.4, -0.2) is 41.6 Å². The van der Waals surface area contributed by atoms with Gasteiger partial charge in [-0.05, 0) is 0 Å². The minimum Gasteiger partial charge on any atom is -0.372 e. The summed E-state index contributed by atoms with van der Waals surface area (Å²) >= 11 is 0. The van der Waals surface area contributed by atoms with E-state index >= 15 is 0 Å². The molecule has 0 radical (unpaired) electrons. The van der Waals surface area contributed by atoms with Gasteiger partial charge in [0, 0.05) is 14.1 Å². The fourth-order valence-corrected chi connectivity index (χ4v) is 1.90. The summed E-state index contributed by atoms with van der Waals surface area (Å²) in [5.41, 5.74) is 0.736. The van der Waals surface area contributed by atoms with E-state index in [2.05, 4.69) is 30.5 Å². The predicted octanol–water partition coefficient (Wildman–Crippen LogP) is -0.0835. The van der Waals surface area contributed by atoms with Gasteiger partial charge in [0.15, 0.2) is 11.5 Å². The van der Waals surface area contributed by atoms with Crippen molar-refractivity contribution in [3.63, 3.8) is 0 Å². The molecule has 100 valence electrons. The zero-order valence-electron chi connectivity index (χ0n) is 10.9. The number of nitriles is 1. The number of hydrogen-bond donors (Lipinski definition) is 1. The Morgan fingerprint density at radius 2 is 2.25 bits per heavy atom. The lowest BCUT2D eigenvalue weighted by Crippen LogP contribution is -2.08. The fraction of sp³-hybridized carbons (Fsp3) is 0.273. The number of nitrogens with one attached hydrogen (secondary N) is 1. The van der Waals surface area contributed by atoms with Crippen LogP contribution in [0.2, 0.25) is 0 Å². The molecule has 0 fully saturated rings. The second kappa shape index (κ2) is 4.58. The third kappa shape index (κ3) is 1.93. The summed E-state index contributed by atoms with van der Waals surface area (Å²) in [6, 6.07) is 1.88. The molecule has 1 N–H and O–H groups in total. The first-order valence-corrected chi connectivity index (χ1v) is 5.87. The molecule has 0 aliphatic heterocycles. The topological polar surface area (TPSA) is 110 Å². The first-order chi connectivity index (χ1) is 9.71. The van der Waals surface area contributed by atoms with Crippen LogP contribution in [0, 0.1) is 11.3 Å². The second-order valence-corrected chi connectivity index (χ2v) is 4.12. The lowest BCUT2D eigenvalue weighted by molar-refractivity contribution is 0.652. The standard InChI is InChI=1S/C11H11N9/c1-13-10-7-4-15-19(2)11(7)17-9(16-10)5-20-6-14-8(3-12)18-20/h4,6H,5H2,1-2H3,(H,13,16,17). The first-order valence-electron chi connectivity index (χ1n) is 5.87. The van der Waals surface area contributed by atoms with Crippen molar-refractivity contribution in [1.29, 1.82) is 5.26 Å². The molecule has 0 saturated carbocycles. The van der Waals surface area contributed by atoms with E-state index in [-0.39, 0.29) is 5.82 Å². The number of rotatable bonds is 3. The molecule has 0 aliphatic rings. The Hall–Kier alpha value is -3.02. The Morgan fingerprint density at radius 1 is 1.40 bits per heavy atom. The average molecular weight is 269 g/mol. The van der Waals surface area contributed by atoms with Gasteiger partial charge >= 0.3 is 0 Å². The molecule has 9 heteroatoms. The molecule has 9 nitrogen and oxygen atoms in total. The largest absolute Gasteiger partial charge is 0.372 e. The molecule has 0 atom stereocenters. The Bertz CT molecular complexity index is 807. The molecular weight excluding hydrogens is 258 g/mol. The highest BCUT2D eigenvalue weighted by atomic mass is 15.3. The van der Waals surface area contributed by atoms with Crippen LogP contribution in [-0.2, 0) is 13.6 Å². The van der Waals surface area contributed by atoms with E-state index < -0.39 is 0 Å². The molecule has 3 rings (SSSR count). The molecule has 3 aromatic rings. The number of aryl methyl sites for hydroxylation is 1. The van der Waals surface area contributed by atoms with Crippen molar-refractivity contribution in [2.75, 3.05) is 12.4 Å². The zero-order valence-corrected chi connectivity index (χ0v) is 10.9. The molecule has 0 bridgehead atoms. The van der Waals surface area contributed by atoms with Gasteiger partial charge in [-0.15, -0.1) is 5.10 Å². The van der Waals surface area contributed by atoms with Gasteiger partial charge in [-0.3, -0.25) is 4.68 Å². The molecule has 0 spiro atoms. The van der Waals surface area contributed by atoms with E-state index in [4.69, 9.17) is 5.26 Å². The summed E-state index contributed by atoms with van der Waals surface area (Å²) in [6.07, 6.45) is 3.20. The predicted molar refractivity (Wildman–Crippen MR) is 69.7 cm³/mol. The summed E-state index contributed by atoms with van der Waals surface area (Å²) in [4.78, 5) is 12.7. The van der Waals surface area contributed by atoms with Crippen LogP contribution in [0.3, 0.4) is 0 Å². The Kier molecular flexibility index (Phi) is 2.76. The van der Waals surface area contributed by atoms with Crippen LogP contribution in [0.1, 0.15) is 11.6 Å². The van der Waals surface area contributed by atoms with Crippen molar-refractivity contribution in [1.82, 2.24) is 34.5 Å². The minimum atomic E-state index is 0.125. The van der Waals surface area contributed by atoms with Gasteiger partial charge in [0.25, 0.3) is 5.82 Å². The lowest BCUT2D eigenvalue weighted by Gasteiger charge is -2.05. The van der Waals surface area contributed by atoms with Gasteiger partial charge in [0.1, 0.15) is 24.8 Å². The molecule has 0 unspecified atom stereocenters. The van der Waals surface area contributed by atoms with Gasteiger partial charge in [-0.25, -0.2) is 19.6 Å². The highest BCUT2D eigenvalue weighted by molar-refractivity contribution is 5.86. The zero-order chi connectivity index (χ0) is 14.1. The molecule has 0 amide bonds. The molecule has 3 aromatic heterocycles. The first kappa shape index (κ1) is 12.0. The third-order valence-electron chi connectivity index (χ3n) is 2.82. The van der Waals surface area contributed by atoms with E-state index in [0.29, 0.717) is 18.2 Å². The van der Waals surface area contributed by atoms with Crippen LogP contribution in [0.15, 0.2) is 12.5 Å². The lowest BCUT2D eigenvalue weighted by atomic mass is 10.4. The number of nitrogens with zero attached hydrogens (tertiary/aromatic N) is 8. The molecule has 0 aromatic carbocycles. The third-order valence-corrected chi connectivity index (χ3v) is 2.82. The van der Waals surface area contributed by atoms with Gasteiger partial charge in [0.2, 0.25) is 0 Å². The van der Waals surface area contributed by atoms with Crippen LogP contribution in [0.4, 0.5) is 5.82 Å². The molecular formula is C11H11N9. The summed E-state index contributed by atoms with van der Waals surface area (Å²) in [5, 5.41) is 20.7. The van der Waals surface area contributed by atoms with Crippen LogP contribution in [0.25, 0.3) is 11.0 Å². The normalized spacial score (nSPS) is 10.7. The van der Waals surface area contributed by atoms with Crippen molar-refractivity contribution < 1.29 is 0 Å². The summed E-state index contributed by atoms with van der Waals surface area (Å²) in [6.45, 7) is 0.338. The fourth-order valence-electron chi connectivity index (χ4n) is 1.90. The van der Waals surface area contributed by atoms with E-state index in [1.54, 1.807) is 17.9 Å². The summed E-state index contributed by atoms with van der Waals surface area (Å²) in [5.74, 6) is 1.40. The number of hydrogen-bond acceptors (Lipinski definition) is 7. The second-order valence-electron chi connectivity index (χ2n) is 4.12. The average Bonchev–Trinajstić information content (AvgIpc) is 3.06. The monoisotopic (exact) mass is 269 g/mol. The van der Waals surface area contributed by atoms with Crippen molar-refractivity contribution in [2.24, 2.45) is 7.05 Å². The van der Waals surface area contributed by atoms with Gasteiger partial charge in [-0.1, -0.05) is 0 Å². The van der Waals surface area contributed by atoms with Gasteiger partial charge < -0.3 is 5.32 Å². The van der Waals surface area contributed by atoms with Crippen LogP contribution in [0.5, 0.6) is 0 Å².